The molecule has 1 unspecified atom stereocenters. The second-order valence-electron chi connectivity index (χ2n) is 3.51. The van der Waals surface area contributed by atoms with Crippen LogP contribution in [0.5, 0.6) is 5.75 Å². The van der Waals surface area contributed by atoms with Gasteiger partial charge in [-0.05, 0) is 18.2 Å². The molecule has 14 heavy (non-hydrogen) atoms. The highest BCUT2D eigenvalue weighted by Gasteiger charge is 2.09. The molecule has 0 saturated carbocycles. The molecular weight excluding hydrogens is 178 g/mol. The highest BCUT2D eigenvalue weighted by molar-refractivity contribution is 5.79. The van der Waals surface area contributed by atoms with Crippen molar-refractivity contribution in [3.05, 3.63) is 30.0 Å². The summed E-state index contributed by atoms with van der Waals surface area (Å²) in [5, 5.41) is 10.2. The lowest BCUT2D eigenvalue weighted by atomic mass is 10.1. The zero-order valence-electron chi connectivity index (χ0n) is 8.03. The summed E-state index contributed by atoms with van der Waals surface area (Å²) in [6, 6.07) is 7.06. The predicted molar refractivity (Wildman–Crippen MR) is 55.3 cm³/mol. The van der Waals surface area contributed by atoms with Crippen LogP contribution in [0, 0.1) is 0 Å². The van der Waals surface area contributed by atoms with E-state index in [-0.39, 0.29) is 11.7 Å². The fraction of sp³-hybridized carbons (Fsp3) is 0.273. The van der Waals surface area contributed by atoms with E-state index in [0.29, 0.717) is 12.1 Å². The van der Waals surface area contributed by atoms with Crippen LogP contribution in [0.15, 0.2) is 28.7 Å². The Morgan fingerprint density at radius 3 is 2.93 bits per heavy atom. The van der Waals surface area contributed by atoms with E-state index in [4.69, 9.17) is 10.2 Å². The number of furan rings is 1. The molecule has 0 radical (unpaired) electrons. The Balaban J connectivity index is 2.51. The predicted octanol–water partition coefficient (Wildman–Crippen LogP) is 2.20. The number of aromatic hydroxyl groups is 1. The summed E-state index contributed by atoms with van der Waals surface area (Å²) in [5.74, 6) is 1.30. The molecule has 1 atom stereocenters. The normalized spacial score (nSPS) is 13.3. The van der Waals surface area contributed by atoms with E-state index >= 15 is 0 Å². The summed E-state index contributed by atoms with van der Waals surface area (Å²) in [7, 11) is 0. The van der Waals surface area contributed by atoms with E-state index in [1.54, 1.807) is 12.1 Å². The minimum atomic E-state index is 0.213. The number of nitrogens with two attached hydrogens (primary N) is 1. The molecule has 1 aromatic heterocycles. The highest BCUT2D eigenvalue weighted by Crippen LogP contribution is 2.27. The summed E-state index contributed by atoms with van der Waals surface area (Å²) in [6.07, 6.45) is 0. The molecule has 0 amide bonds. The Kier molecular flexibility index (Phi) is 2.17. The average Bonchev–Trinajstić information content (AvgIpc) is 2.59. The molecule has 0 aliphatic carbocycles. The van der Waals surface area contributed by atoms with Gasteiger partial charge in [-0.25, -0.2) is 0 Å². The summed E-state index contributed by atoms with van der Waals surface area (Å²) in [6.45, 7) is 2.57. The molecule has 0 fully saturated rings. The van der Waals surface area contributed by atoms with E-state index in [2.05, 4.69) is 0 Å². The molecule has 3 nitrogen and oxygen atoms in total. The standard InChI is InChI=1S/C11H13NO2/c1-7(6-12)10-4-8-2-3-9(13)5-11(8)14-10/h2-5,7,13H,6,12H2,1H3. The van der Waals surface area contributed by atoms with Gasteiger partial charge in [-0.2, -0.15) is 0 Å². The van der Waals surface area contributed by atoms with Crippen molar-refractivity contribution in [3.8, 4) is 5.75 Å². The van der Waals surface area contributed by atoms with Crippen molar-refractivity contribution in [2.24, 2.45) is 5.73 Å². The topological polar surface area (TPSA) is 59.4 Å². The molecule has 0 aliphatic heterocycles. The van der Waals surface area contributed by atoms with Crippen LogP contribution >= 0.6 is 0 Å². The van der Waals surface area contributed by atoms with Crippen LogP contribution in [-0.2, 0) is 0 Å². The van der Waals surface area contributed by atoms with Crippen molar-refractivity contribution >= 4 is 11.0 Å². The minimum absolute atomic E-state index is 0.213. The van der Waals surface area contributed by atoms with Crippen LogP contribution in [-0.4, -0.2) is 11.7 Å². The number of hydrogen-bond acceptors (Lipinski definition) is 3. The molecular formula is C11H13NO2. The summed E-state index contributed by atoms with van der Waals surface area (Å²) < 4.78 is 5.56. The minimum Gasteiger partial charge on any atom is -0.508 e. The van der Waals surface area contributed by atoms with Gasteiger partial charge in [0, 0.05) is 23.9 Å². The second kappa shape index (κ2) is 3.35. The maximum absolute atomic E-state index is 9.25. The van der Waals surface area contributed by atoms with Gasteiger partial charge in [-0.3, -0.25) is 0 Å². The van der Waals surface area contributed by atoms with Crippen LogP contribution in [0.1, 0.15) is 18.6 Å². The molecule has 0 aliphatic rings. The van der Waals surface area contributed by atoms with E-state index in [9.17, 15) is 5.11 Å². The monoisotopic (exact) mass is 191 g/mol. The fourth-order valence-electron chi connectivity index (χ4n) is 1.40. The zero-order valence-corrected chi connectivity index (χ0v) is 8.03. The number of fused-ring (bicyclic) bond motifs is 1. The molecule has 1 heterocycles. The fourth-order valence-corrected chi connectivity index (χ4v) is 1.40. The summed E-state index contributed by atoms with van der Waals surface area (Å²) in [4.78, 5) is 0. The third-order valence-corrected chi connectivity index (χ3v) is 2.36. The largest absolute Gasteiger partial charge is 0.508 e. The van der Waals surface area contributed by atoms with E-state index in [1.165, 1.54) is 0 Å². The van der Waals surface area contributed by atoms with Crippen molar-refractivity contribution in [2.45, 2.75) is 12.8 Å². The van der Waals surface area contributed by atoms with Gasteiger partial charge in [0.1, 0.15) is 17.1 Å². The molecule has 0 saturated heterocycles. The number of benzene rings is 1. The SMILES string of the molecule is CC(CN)c1cc2ccc(O)cc2o1. The maximum atomic E-state index is 9.25. The Morgan fingerprint density at radius 1 is 1.43 bits per heavy atom. The number of phenolic OH excluding ortho intramolecular Hbond substituents is 1. The van der Waals surface area contributed by atoms with Crippen molar-refractivity contribution in [1.29, 1.82) is 0 Å². The second-order valence-corrected chi connectivity index (χ2v) is 3.51. The maximum Gasteiger partial charge on any atom is 0.137 e. The zero-order chi connectivity index (χ0) is 10.1. The quantitative estimate of drug-likeness (QED) is 0.765. The highest BCUT2D eigenvalue weighted by atomic mass is 16.3. The van der Waals surface area contributed by atoms with Gasteiger partial charge in [-0.1, -0.05) is 6.92 Å². The first-order valence-corrected chi connectivity index (χ1v) is 4.63. The van der Waals surface area contributed by atoms with Crippen molar-refractivity contribution in [2.75, 3.05) is 6.54 Å². The third kappa shape index (κ3) is 1.46. The Bertz CT molecular complexity index is 447. The van der Waals surface area contributed by atoms with Crippen LogP contribution < -0.4 is 5.73 Å². The van der Waals surface area contributed by atoms with Gasteiger partial charge in [0.15, 0.2) is 0 Å². The van der Waals surface area contributed by atoms with Crippen LogP contribution in [0.25, 0.3) is 11.0 Å². The Hall–Kier alpha value is -1.48. The van der Waals surface area contributed by atoms with Crippen molar-refractivity contribution in [3.63, 3.8) is 0 Å². The number of rotatable bonds is 2. The van der Waals surface area contributed by atoms with Crippen LogP contribution in [0.4, 0.5) is 0 Å². The van der Waals surface area contributed by atoms with Gasteiger partial charge in [0.05, 0.1) is 0 Å². The first-order chi connectivity index (χ1) is 6.70. The molecule has 3 heteroatoms. The first kappa shape index (κ1) is 9.09. The van der Waals surface area contributed by atoms with Crippen LogP contribution in [0.3, 0.4) is 0 Å². The van der Waals surface area contributed by atoms with Gasteiger partial charge >= 0.3 is 0 Å². The molecule has 0 bridgehead atoms. The lowest BCUT2D eigenvalue weighted by Gasteiger charge is -2.01. The molecule has 1 aromatic carbocycles. The average molecular weight is 191 g/mol. The van der Waals surface area contributed by atoms with E-state index < -0.39 is 0 Å². The molecule has 0 spiro atoms. The van der Waals surface area contributed by atoms with Crippen LogP contribution in [0.2, 0.25) is 0 Å². The number of hydrogen-bond donors (Lipinski definition) is 2. The Labute approximate surface area is 82.1 Å². The van der Waals surface area contributed by atoms with E-state index in [0.717, 1.165) is 11.1 Å². The lowest BCUT2D eigenvalue weighted by molar-refractivity contribution is 0.471. The summed E-state index contributed by atoms with van der Waals surface area (Å²) in [5.41, 5.74) is 6.26. The summed E-state index contributed by atoms with van der Waals surface area (Å²) >= 11 is 0. The van der Waals surface area contributed by atoms with Gasteiger partial charge in [0.25, 0.3) is 0 Å². The van der Waals surface area contributed by atoms with Gasteiger partial charge in [0.2, 0.25) is 0 Å². The van der Waals surface area contributed by atoms with Crippen molar-refractivity contribution in [1.82, 2.24) is 0 Å². The smallest absolute Gasteiger partial charge is 0.137 e. The molecule has 2 aromatic rings. The number of phenols is 1. The molecule has 74 valence electrons. The van der Waals surface area contributed by atoms with Crippen molar-refractivity contribution < 1.29 is 9.52 Å². The van der Waals surface area contributed by atoms with Gasteiger partial charge in [-0.15, -0.1) is 0 Å². The first-order valence-electron chi connectivity index (χ1n) is 4.63. The molecule has 3 N–H and O–H groups in total. The Morgan fingerprint density at radius 2 is 2.21 bits per heavy atom. The van der Waals surface area contributed by atoms with E-state index in [1.807, 2.05) is 19.1 Å². The molecule has 2 rings (SSSR count). The third-order valence-electron chi connectivity index (χ3n) is 2.36. The van der Waals surface area contributed by atoms with Gasteiger partial charge < -0.3 is 15.3 Å². The lowest BCUT2D eigenvalue weighted by Crippen LogP contribution is -2.07.